The quantitative estimate of drug-likeness (QED) is 0.909. The molecule has 1 aliphatic carbocycles. The van der Waals surface area contributed by atoms with Crippen LogP contribution in [0.25, 0.3) is 5.69 Å². The van der Waals surface area contributed by atoms with Crippen LogP contribution >= 0.6 is 0 Å². The lowest BCUT2D eigenvalue weighted by Gasteiger charge is -2.11. The van der Waals surface area contributed by atoms with Crippen LogP contribution < -0.4 is 5.32 Å². The van der Waals surface area contributed by atoms with Crippen molar-refractivity contribution >= 4 is 5.91 Å². The van der Waals surface area contributed by atoms with E-state index in [4.69, 9.17) is 9.84 Å². The van der Waals surface area contributed by atoms with E-state index in [2.05, 4.69) is 24.4 Å². The zero-order valence-corrected chi connectivity index (χ0v) is 14.9. The molecule has 1 aromatic carbocycles. The van der Waals surface area contributed by atoms with Gasteiger partial charge < -0.3 is 10.1 Å². The number of nitrogens with zero attached hydrogens (tertiary/aromatic N) is 2. The van der Waals surface area contributed by atoms with Crippen LogP contribution in [0.5, 0.6) is 0 Å². The molecular formula is C20H25N3O2. The largest absolute Gasteiger partial charge is 0.376 e. The van der Waals surface area contributed by atoms with Crippen molar-refractivity contribution in [2.24, 2.45) is 0 Å². The molecule has 1 aliphatic heterocycles. The first kappa shape index (κ1) is 16.3. The Morgan fingerprint density at radius 1 is 1.32 bits per heavy atom. The molecule has 2 fully saturated rings. The number of hydrogen-bond acceptors (Lipinski definition) is 3. The summed E-state index contributed by atoms with van der Waals surface area (Å²) in [5.41, 5.74) is 4.81. The summed E-state index contributed by atoms with van der Waals surface area (Å²) >= 11 is 0. The Kier molecular flexibility index (Phi) is 4.34. The Labute approximate surface area is 148 Å². The Hall–Kier alpha value is -2.14. The van der Waals surface area contributed by atoms with E-state index in [1.807, 2.05) is 23.7 Å². The van der Waals surface area contributed by atoms with Gasteiger partial charge in [-0.1, -0.05) is 12.1 Å². The summed E-state index contributed by atoms with van der Waals surface area (Å²) in [6.45, 7) is 5.44. The van der Waals surface area contributed by atoms with Crippen molar-refractivity contribution in [1.29, 1.82) is 0 Å². The van der Waals surface area contributed by atoms with Crippen molar-refractivity contribution in [2.75, 3.05) is 13.2 Å². The molecule has 25 heavy (non-hydrogen) atoms. The van der Waals surface area contributed by atoms with E-state index >= 15 is 0 Å². The van der Waals surface area contributed by atoms with Gasteiger partial charge in [0, 0.05) is 19.1 Å². The zero-order valence-electron chi connectivity index (χ0n) is 14.9. The van der Waals surface area contributed by atoms with E-state index in [0.717, 1.165) is 54.9 Å². The van der Waals surface area contributed by atoms with Crippen LogP contribution in [0.4, 0.5) is 0 Å². The maximum absolute atomic E-state index is 12.9. The van der Waals surface area contributed by atoms with E-state index in [0.29, 0.717) is 12.5 Å². The number of benzene rings is 1. The van der Waals surface area contributed by atoms with Gasteiger partial charge in [-0.25, -0.2) is 4.68 Å². The average molecular weight is 339 g/mol. The van der Waals surface area contributed by atoms with Crippen LogP contribution in [-0.2, 0) is 4.74 Å². The highest BCUT2D eigenvalue weighted by Gasteiger charge is 2.34. The fourth-order valence-electron chi connectivity index (χ4n) is 3.56. The number of rotatable bonds is 5. The predicted octanol–water partition coefficient (Wildman–Crippen LogP) is 3.28. The minimum Gasteiger partial charge on any atom is -0.376 e. The van der Waals surface area contributed by atoms with Crippen LogP contribution in [0.15, 0.2) is 24.3 Å². The summed E-state index contributed by atoms with van der Waals surface area (Å²) in [5, 5.41) is 7.87. The molecule has 1 saturated carbocycles. The zero-order chi connectivity index (χ0) is 17.4. The number of amides is 1. The number of ether oxygens (including phenoxy) is 1. The van der Waals surface area contributed by atoms with Gasteiger partial charge in [0.15, 0.2) is 0 Å². The van der Waals surface area contributed by atoms with Crippen LogP contribution in [-0.4, -0.2) is 34.9 Å². The molecule has 1 saturated heterocycles. The second kappa shape index (κ2) is 6.64. The lowest BCUT2D eigenvalue weighted by atomic mass is 10.1. The highest BCUT2D eigenvalue weighted by Crippen LogP contribution is 2.42. The molecule has 4 rings (SSSR count). The maximum atomic E-state index is 12.9. The summed E-state index contributed by atoms with van der Waals surface area (Å²) in [6.07, 6.45) is 4.50. The van der Waals surface area contributed by atoms with Gasteiger partial charge >= 0.3 is 0 Å². The molecule has 132 valence electrons. The van der Waals surface area contributed by atoms with Crippen molar-refractivity contribution < 1.29 is 9.53 Å². The number of aryl methyl sites for hydroxylation is 1. The van der Waals surface area contributed by atoms with E-state index in [-0.39, 0.29) is 12.0 Å². The third kappa shape index (κ3) is 3.33. The van der Waals surface area contributed by atoms with Crippen LogP contribution in [0.1, 0.15) is 58.9 Å². The second-order valence-corrected chi connectivity index (χ2v) is 7.22. The van der Waals surface area contributed by atoms with Crippen LogP contribution in [0.2, 0.25) is 0 Å². The Morgan fingerprint density at radius 2 is 2.16 bits per heavy atom. The molecule has 1 aromatic heterocycles. The van der Waals surface area contributed by atoms with E-state index in [9.17, 15) is 4.79 Å². The van der Waals surface area contributed by atoms with Crippen molar-refractivity contribution in [3.8, 4) is 5.69 Å². The molecule has 0 unspecified atom stereocenters. The molecule has 1 atom stereocenters. The third-order valence-corrected chi connectivity index (χ3v) is 5.10. The fraction of sp³-hybridized carbons (Fsp3) is 0.500. The van der Waals surface area contributed by atoms with Gasteiger partial charge in [-0.15, -0.1) is 0 Å². The molecule has 2 aliphatic rings. The van der Waals surface area contributed by atoms with Gasteiger partial charge in [-0.2, -0.15) is 5.10 Å². The number of nitrogens with one attached hydrogen (secondary N) is 1. The standard InChI is InChI=1S/C20H25N3O2/c1-13-5-3-6-16(11-13)23-14(2)18(19(22-23)15-8-9-15)20(24)21-12-17-7-4-10-25-17/h3,5-6,11,15,17H,4,7-10,12H2,1-2H3,(H,21,24)/t17-/m0/s1. The summed E-state index contributed by atoms with van der Waals surface area (Å²) < 4.78 is 7.53. The SMILES string of the molecule is Cc1cccc(-n2nc(C3CC3)c(C(=O)NC[C@@H]3CCCO3)c2C)c1. The summed E-state index contributed by atoms with van der Waals surface area (Å²) in [4.78, 5) is 12.9. The first-order valence-corrected chi connectivity index (χ1v) is 9.20. The monoisotopic (exact) mass is 339 g/mol. The topological polar surface area (TPSA) is 56.2 Å². The number of hydrogen-bond donors (Lipinski definition) is 1. The summed E-state index contributed by atoms with van der Waals surface area (Å²) in [6, 6.07) is 8.24. The summed E-state index contributed by atoms with van der Waals surface area (Å²) in [7, 11) is 0. The highest BCUT2D eigenvalue weighted by atomic mass is 16.5. The maximum Gasteiger partial charge on any atom is 0.255 e. The van der Waals surface area contributed by atoms with Crippen molar-refractivity contribution in [3.05, 3.63) is 46.8 Å². The van der Waals surface area contributed by atoms with Crippen molar-refractivity contribution in [1.82, 2.24) is 15.1 Å². The normalized spacial score (nSPS) is 20.0. The first-order chi connectivity index (χ1) is 12.1. The molecule has 5 nitrogen and oxygen atoms in total. The first-order valence-electron chi connectivity index (χ1n) is 9.20. The average Bonchev–Trinajstić information content (AvgIpc) is 3.19. The smallest absolute Gasteiger partial charge is 0.255 e. The molecular weight excluding hydrogens is 314 g/mol. The van der Waals surface area contributed by atoms with Gasteiger partial charge in [0.05, 0.1) is 28.7 Å². The van der Waals surface area contributed by atoms with Crippen molar-refractivity contribution in [2.45, 2.75) is 51.6 Å². The van der Waals surface area contributed by atoms with Crippen LogP contribution in [0.3, 0.4) is 0 Å². The number of aromatic nitrogens is 2. The van der Waals surface area contributed by atoms with E-state index in [1.54, 1.807) is 0 Å². The minimum atomic E-state index is -0.0196. The van der Waals surface area contributed by atoms with Gasteiger partial charge in [0.25, 0.3) is 5.91 Å². The van der Waals surface area contributed by atoms with Crippen molar-refractivity contribution in [3.63, 3.8) is 0 Å². The Balaban J connectivity index is 1.62. The molecule has 0 radical (unpaired) electrons. The predicted molar refractivity (Wildman–Crippen MR) is 96.3 cm³/mol. The fourth-order valence-corrected chi connectivity index (χ4v) is 3.56. The third-order valence-electron chi connectivity index (χ3n) is 5.10. The van der Waals surface area contributed by atoms with Gasteiger partial charge in [0.1, 0.15) is 0 Å². The lowest BCUT2D eigenvalue weighted by Crippen LogP contribution is -2.32. The van der Waals surface area contributed by atoms with Gasteiger partial charge in [-0.05, 0) is 57.2 Å². The molecule has 2 aromatic rings. The van der Waals surface area contributed by atoms with E-state index < -0.39 is 0 Å². The number of carbonyl (C=O) groups is 1. The second-order valence-electron chi connectivity index (χ2n) is 7.22. The molecule has 1 N–H and O–H groups in total. The Morgan fingerprint density at radius 3 is 2.84 bits per heavy atom. The van der Waals surface area contributed by atoms with E-state index in [1.165, 1.54) is 5.56 Å². The lowest BCUT2D eigenvalue weighted by molar-refractivity contribution is 0.0856. The molecule has 1 amide bonds. The number of carbonyl (C=O) groups excluding carboxylic acids is 1. The van der Waals surface area contributed by atoms with Crippen LogP contribution in [0, 0.1) is 13.8 Å². The molecule has 0 spiro atoms. The highest BCUT2D eigenvalue weighted by molar-refractivity contribution is 5.97. The molecule has 2 heterocycles. The summed E-state index contributed by atoms with van der Waals surface area (Å²) in [5.74, 6) is 0.405. The molecule has 0 bridgehead atoms. The molecule has 5 heteroatoms. The van der Waals surface area contributed by atoms with Gasteiger partial charge in [-0.3, -0.25) is 4.79 Å². The van der Waals surface area contributed by atoms with Gasteiger partial charge in [0.2, 0.25) is 0 Å². The Bertz CT molecular complexity index is 786. The minimum absolute atomic E-state index is 0.0196.